The van der Waals surface area contributed by atoms with Crippen molar-refractivity contribution in [2.45, 2.75) is 52.9 Å². The van der Waals surface area contributed by atoms with Crippen molar-refractivity contribution in [1.82, 2.24) is 4.98 Å². The van der Waals surface area contributed by atoms with E-state index in [9.17, 15) is 0 Å². The molecule has 0 aliphatic heterocycles. The Hall–Kier alpha value is -0.850. The average Bonchev–Trinajstić information content (AvgIpc) is 2.45. The van der Waals surface area contributed by atoms with Crippen molar-refractivity contribution in [2.24, 2.45) is 0 Å². The van der Waals surface area contributed by atoms with Crippen LogP contribution < -0.4 is 0 Å². The molecule has 0 unspecified atom stereocenters. The lowest BCUT2D eigenvalue weighted by Gasteiger charge is -2.17. The van der Waals surface area contributed by atoms with Crippen LogP contribution in [0, 0.1) is 6.92 Å². The Morgan fingerprint density at radius 1 is 1.29 bits per heavy atom. The smallest absolute Gasteiger partial charge is 0.0375 e. The summed E-state index contributed by atoms with van der Waals surface area (Å²) in [5, 5.41) is 0. The molecule has 0 spiro atoms. The van der Waals surface area contributed by atoms with Crippen LogP contribution in [0.15, 0.2) is 12.3 Å². The van der Waals surface area contributed by atoms with Gasteiger partial charge in [-0.05, 0) is 42.4 Å². The second-order valence-corrected chi connectivity index (χ2v) is 4.37. The second kappa shape index (κ2) is 4.12. The van der Waals surface area contributed by atoms with Gasteiger partial charge >= 0.3 is 0 Å². The zero-order valence-electron chi connectivity index (χ0n) is 10.0. The molecule has 1 heterocycles. The van der Waals surface area contributed by atoms with Gasteiger partial charge in [-0.2, -0.15) is 0 Å². The summed E-state index contributed by atoms with van der Waals surface area (Å²) in [6.07, 6.45) is 4.55. The lowest BCUT2D eigenvalue weighted by molar-refractivity contribution is 0.521. The summed E-state index contributed by atoms with van der Waals surface area (Å²) < 4.78 is 0. The van der Waals surface area contributed by atoms with Crippen molar-refractivity contribution in [1.29, 1.82) is 0 Å². The summed E-state index contributed by atoms with van der Waals surface area (Å²) in [6, 6.07) is 2.23. The number of pyridine rings is 1. The molecule has 1 heteroatoms. The topological polar surface area (TPSA) is 12.9 Å². The number of hydrogen-bond donors (Lipinski definition) is 0. The molecule has 0 aromatic carbocycles. The summed E-state index contributed by atoms with van der Waals surface area (Å²) in [5.74, 6) is 0. The van der Waals surface area contributed by atoms with Crippen molar-refractivity contribution in [3.63, 3.8) is 0 Å². The highest BCUT2D eigenvalue weighted by atomic mass is 14.7. The van der Waals surface area contributed by atoms with Crippen molar-refractivity contribution in [3.8, 4) is 0 Å². The van der Waals surface area contributed by atoms with Crippen LogP contribution in [-0.2, 0) is 11.8 Å². The van der Waals surface area contributed by atoms with E-state index in [1.54, 1.807) is 0 Å². The highest BCUT2D eigenvalue weighted by Gasteiger charge is 2.29. The summed E-state index contributed by atoms with van der Waals surface area (Å²) in [4.78, 5) is 4.35. The third-order valence-electron chi connectivity index (χ3n) is 2.87. The first-order chi connectivity index (χ1) is 6.59. The first-order valence-corrected chi connectivity index (χ1v) is 5.55. The monoisotopic (exact) mass is 191 g/mol. The summed E-state index contributed by atoms with van der Waals surface area (Å²) in [5.41, 5.74) is 4.46. The van der Waals surface area contributed by atoms with Crippen LogP contribution in [0.4, 0.5) is 0 Å². The summed E-state index contributed by atoms with van der Waals surface area (Å²) in [6.45, 7) is 10.7. The van der Waals surface area contributed by atoms with Gasteiger partial charge in [-0.3, -0.25) is 4.98 Å². The zero-order valence-corrected chi connectivity index (χ0v) is 10.0. The Bertz CT molecular complexity index is 313. The third kappa shape index (κ3) is 1.97. The van der Waals surface area contributed by atoms with Crippen LogP contribution >= 0.6 is 0 Å². The van der Waals surface area contributed by atoms with E-state index >= 15 is 0 Å². The van der Waals surface area contributed by atoms with Crippen LogP contribution in [-0.4, -0.2) is 4.98 Å². The maximum atomic E-state index is 4.35. The van der Waals surface area contributed by atoms with Gasteiger partial charge in [0.15, 0.2) is 0 Å². The van der Waals surface area contributed by atoms with Crippen molar-refractivity contribution >= 4 is 0 Å². The fraction of sp³-hybridized carbons (Fsp3) is 0.615. The highest BCUT2D eigenvalue weighted by Crippen LogP contribution is 2.37. The van der Waals surface area contributed by atoms with E-state index < -0.39 is 0 Å². The van der Waals surface area contributed by atoms with Crippen LogP contribution in [0.25, 0.3) is 0 Å². The maximum Gasteiger partial charge on any atom is 0.0375 e. The maximum absolute atomic E-state index is 4.35. The lowest BCUT2D eigenvalue weighted by Crippen LogP contribution is -2.12. The first kappa shape index (κ1) is 11.2. The van der Waals surface area contributed by atoms with Crippen LogP contribution in [0.5, 0.6) is 0 Å². The number of aryl methyl sites for hydroxylation is 2. The average molecular weight is 191 g/mol. The molecule has 0 bridgehead atoms. The Morgan fingerprint density at radius 2 is 1.93 bits per heavy atom. The van der Waals surface area contributed by atoms with E-state index in [-0.39, 0.29) is 0 Å². The van der Waals surface area contributed by atoms with Crippen LogP contribution in [0.1, 0.15) is 50.9 Å². The number of aromatic nitrogens is 1. The molecule has 14 heavy (non-hydrogen) atoms. The van der Waals surface area contributed by atoms with Gasteiger partial charge in [-0.15, -0.1) is 0 Å². The molecule has 2 rings (SSSR count). The van der Waals surface area contributed by atoms with E-state index in [2.05, 4.69) is 38.0 Å². The van der Waals surface area contributed by atoms with E-state index in [0.29, 0.717) is 5.41 Å². The molecule has 1 aliphatic carbocycles. The van der Waals surface area contributed by atoms with Crippen molar-refractivity contribution < 1.29 is 0 Å². The second-order valence-electron chi connectivity index (χ2n) is 4.37. The predicted octanol–water partition coefficient (Wildman–Crippen LogP) is 3.64. The van der Waals surface area contributed by atoms with Gasteiger partial charge in [0.2, 0.25) is 0 Å². The number of rotatable bonds is 0. The van der Waals surface area contributed by atoms with Crippen molar-refractivity contribution in [2.75, 3.05) is 0 Å². The molecule has 0 atom stereocenters. The molecular formula is C13H21N. The fourth-order valence-corrected chi connectivity index (χ4v) is 2.01. The SMILES string of the molecule is CC.Cc1cc2c(cn1)C(C)(C)CC2. The highest BCUT2D eigenvalue weighted by molar-refractivity contribution is 5.37. The van der Waals surface area contributed by atoms with Gasteiger partial charge < -0.3 is 0 Å². The van der Waals surface area contributed by atoms with Gasteiger partial charge in [-0.1, -0.05) is 27.7 Å². The van der Waals surface area contributed by atoms with E-state index in [1.807, 2.05) is 13.8 Å². The zero-order chi connectivity index (χ0) is 10.8. The summed E-state index contributed by atoms with van der Waals surface area (Å²) in [7, 11) is 0. The summed E-state index contributed by atoms with van der Waals surface area (Å²) >= 11 is 0. The minimum absolute atomic E-state index is 0.357. The van der Waals surface area contributed by atoms with Crippen LogP contribution in [0.2, 0.25) is 0 Å². The van der Waals surface area contributed by atoms with E-state index in [0.717, 1.165) is 5.69 Å². The number of hydrogen-bond acceptors (Lipinski definition) is 1. The van der Waals surface area contributed by atoms with Gasteiger partial charge in [0.25, 0.3) is 0 Å². The quantitative estimate of drug-likeness (QED) is 0.610. The standard InChI is InChI=1S/C11H15N.C2H6/c1-8-6-9-4-5-11(2,3)10(9)7-12-8;1-2/h6-7H,4-5H2,1-3H3;1-2H3. The molecule has 0 saturated carbocycles. The Balaban J connectivity index is 0.000000461. The molecule has 78 valence electrons. The number of fused-ring (bicyclic) bond motifs is 1. The first-order valence-electron chi connectivity index (χ1n) is 5.55. The molecule has 1 nitrogen and oxygen atoms in total. The molecule has 1 aromatic rings. The molecule has 0 amide bonds. The fourth-order valence-electron chi connectivity index (χ4n) is 2.01. The molecule has 0 saturated heterocycles. The van der Waals surface area contributed by atoms with Crippen LogP contribution in [0.3, 0.4) is 0 Å². The number of nitrogens with zero attached hydrogens (tertiary/aromatic N) is 1. The molecule has 1 aromatic heterocycles. The van der Waals surface area contributed by atoms with Gasteiger partial charge in [-0.25, -0.2) is 0 Å². The van der Waals surface area contributed by atoms with Crippen molar-refractivity contribution in [3.05, 3.63) is 29.1 Å². The molecule has 1 aliphatic rings. The Morgan fingerprint density at radius 3 is 2.57 bits per heavy atom. The molecular weight excluding hydrogens is 170 g/mol. The normalized spacial score (nSPS) is 16.9. The Labute approximate surface area is 87.6 Å². The molecule has 0 radical (unpaired) electrons. The minimum Gasteiger partial charge on any atom is -0.261 e. The Kier molecular flexibility index (Phi) is 3.30. The minimum atomic E-state index is 0.357. The lowest BCUT2D eigenvalue weighted by atomic mass is 9.88. The van der Waals surface area contributed by atoms with Gasteiger partial charge in [0.05, 0.1) is 0 Å². The van der Waals surface area contributed by atoms with Gasteiger partial charge in [0, 0.05) is 11.9 Å². The molecule has 0 fully saturated rings. The molecule has 0 N–H and O–H groups in total. The predicted molar refractivity (Wildman–Crippen MR) is 61.7 cm³/mol. The van der Waals surface area contributed by atoms with E-state index in [4.69, 9.17) is 0 Å². The largest absolute Gasteiger partial charge is 0.261 e. The van der Waals surface area contributed by atoms with Gasteiger partial charge in [0.1, 0.15) is 0 Å². The van der Waals surface area contributed by atoms with E-state index in [1.165, 1.54) is 24.0 Å². The third-order valence-corrected chi connectivity index (χ3v) is 2.87.